The van der Waals surface area contributed by atoms with E-state index in [0.717, 1.165) is 22.1 Å². The summed E-state index contributed by atoms with van der Waals surface area (Å²) in [5.41, 5.74) is 10.8. The number of piperazine rings is 1. The molecule has 0 radical (unpaired) electrons. The molecule has 56 heavy (non-hydrogen) atoms. The smallest absolute Gasteiger partial charge is 0.335 e. The van der Waals surface area contributed by atoms with Gasteiger partial charge in [-0.05, 0) is 50.9 Å². The van der Waals surface area contributed by atoms with Crippen molar-refractivity contribution >= 4 is 34.7 Å². The molecule has 7 aliphatic rings. The van der Waals surface area contributed by atoms with Crippen molar-refractivity contribution in [3.05, 3.63) is 75.0 Å². The van der Waals surface area contributed by atoms with Crippen LogP contribution in [-0.2, 0) is 32.7 Å². The normalized spacial score (nSPS) is 30.3. The largest absolute Gasteiger partial charge is 0.504 e. The highest BCUT2D eigenvalue weighted by molar-refractivity contribution is 7.99. The zero-order valence-electron chi connectivity index (χ0n) is 31.7. The standard InChI is InChI=1S/C41H44N4O10S/c1-17-10-20-11-24-39(48)45-25-14-51-40(49)41(38-23(12-21(13-42)43-41)22-8-6-7-9-26(22)55-38)15-56-37(31(45)30(44(24)4)27(20)32(47)33(17)50-5)29-28(25)36-35(52-16-53-36)18(2)34(29)54-19(3)46/h6-10,21,24-25,30-31,37,39,43,47-48H,11-16,42H2,1-5H3/t21-,24?,25-,30+,31+,37+,39-,41+/m0/s1. The molecular formula is C41H44N4O10S. The number of benzene rings is 3. The van der Waals surface area contributed by atoms with Gasteiger partial charge in [0.2, 0.25) is 6.79 Å². The van der Waals surface area contributed by atoms with Gasteiger partial charge in [0.1, 0.15) is 29.9 Å². The van der Waals surface area contributed by atoms with Gasteiger partial charge in [0.05, 0.1) is 30.5 Å². The number of fused-ring (bicyclic) bond motifs is 11. The Morgan fingerprint density at radius 1 is 1.11 bits per heavy atom. The molecule has 4 aromatic rings. The molecule has 15 heteroatoms. The van der Waals surface area contributed by atoms with E-state index in [1.807, 2.05) is 56.1 Å². The molecule has 0 aliphatic carbocycles. The van der Waals surface area contributed by atoms with Crippen LogP contribution in [0.3, 0.4) is 0 Å². The lowest BCUT2D eigenvalue weighted by Gasteiger charge is -2.62. The monoisotopic (exact) mass is 784 g/mol. The van der Waals surface area contributed by atoms with Gasteiger partial charge in [-0.1, -0.05) is 24.3 Å². The molecule has 1 aromatic heterocycles. The van der Waals surface area contributed by atoms with Crippen molar-refractivity contribution < 1.29 is 47.9 Å². The summed E-state index contributed by atoms with van der Waals surface area (Å²) in [4.78, 5) is 32.1. The summed E-state index contributed by atoms with van der Waals surface area (Å²) in [6.45, 7) is 5.11. The zero-order chi connectivity index (χ0) is 38.9. The fourth-order valence-electron chi connectivity index (χ4n) is 10.6. The SMILES string of the molecule is COc1c(C)cc2c(c1O)[C@@H]1[C@@H]3[C@@H]4SC[C@]5(N[C@H](CN)Cc6c5oc5ccccc65)C(=O)OC[C@@H](c5c6c(c(C)c(OC(C)=O)c54)OCO6)N3[C@@H](O)C(C2)N1C. The average molecular weight is 785 g/mol. The van der Waals surface area contributed by atoms with Gasteiger partial charge in [-0.3, -0.25) is 19.9 Å². The van der Waals surface area contributed by atoms with Crippen LogP contribution in [0, 0.1) is 13.8 Å². The number of aliphatic hydroxyl groups excluding tert-OH is 1. The molecule has 1 spiro atoms. The summed E-state index contributed by atoms with van der Waals surface area (Å²) in [6.07, 6.45) is -0.0278. The number of nitrogens with one attached hydrogen (secondary N) is 1. The number of hydrogen-bond acceptors (Lipinski definition) is 15. The number of nitrogens with zero attached hydrogens (tertiary/aromatic N) is 2. The Bertz CT molecular complexity index is 2350. The topological polar surface area (TPSA) is 178 Å². The second-order valence-corrected chi connectivity index (χ2v) is 16.9. The Hall–Kier alpha value is -4.51. The summed E-state index contributed by atoms with van der Waals surface area (Å²) >= 11 is 1.47. The predicted molar refractivity (Wildman–Crippen MR) is 204 cm³/mol. The van der Waals surface area contributed by atoms with E-state index in [1.165, 1.54) is 18.7 Å². The number of furan rings is 1. The van der Waals surface area contributed by atoms with Gasteiger partial charge in [0.15, 0.2) is 28.5 Å². The summed E-state index contributed by atoms with van der Waals surface area (Å²) in [5, 5.41) is 28.6. The van der Waals surface area contributed by atoms with E-state index in [1.54, 1.807) is 7.11 Å². The van der Waals surface area contributed by atoms with Crippen LogP contribution in [0.4, 0.5) is 0 Å². The van der Waals surface area contributed by atoms with Gasteiger partial charge >= 0.3 is 11.9 Å². The van der Waals surface area contributed by atoms with Crippen LogP contribution in [0.25, 0.3) is 11.0 Å². The number of thioether (sulfide) groups is 1. The quantitative estimate of drug-likeness (QED) is 0.174. The third kappa shape index (κ3) is 4.75. The van der Waals surface area contributed by atoms with Crippen molar-refractivity contribution in [1.29, 1.82) is 0 Å². The molecule has 8 atom stereocenters. The molecule has 5 N–H and O–H groups in total. The second kappa shape index (κ2) is 12.7. The highest BCUT2D eigenvalue weighted by atomic mass is 32.2. The summed E-state index contributed by atoms with van der Waals surface area (Å²) in [5.74, 6) is 1.23. The van der Waals surface area contributed by atoms with E-state index in [2.05, 4.69) is 10.2 Å². The van der Waals surface area contributed by atoms with Gasteiger partial charge in [-0.2, -0.15) is 0 Å². The summed E-state index contributed by atoms with van der Waals surface area (Å²) in [7, 11) is 3.51. The van der Waals surface area contributed by atoms with Crippen molar-refractivity contribution in [2.45, 2.75) is 80.8 Å². The van der Waals surface area contributed by atoms with Gasteiger partial charge in [-0.25, -0.2) is 4.79 Å². The number of aromatic hydroxyl groups is 1. The van der Waals surface area contributed by atoms with Crippen LogP contribution in [-0.4, -0.2) is 96.2 Å². The first-order chi connectivity index (χ1) is 27.0. The summed E-state index contributed by atoms with van der Waals surface area (Å²) < 4.78 is 37.2. The van der Waals surface area contributed by atoms with E-state index in [-0.39, 0.29) is 43.5 Å². The van der Waals surface area contributed by atoms with Crippen LogP contribution < -0.4 is 30.0 Å². The number of hydrogen-bond donors (Lipinski definition) is 4. The second-order valence-electron chi connectivity index (χ2n) is 15.8. The number of ether oxygens (including phenoxy) is 5. The number of likely N-dealkylation sites (N-methyl/N-ethyl adjacent to an activating group) is 1. The van der Waals surface area contributed by atoms with E-state index < -0.39 is 47.1 Å². The van der Waals surface area contributed by atoms with Crippen molar-refractivity contribution in [2.24, 2.45) is 5.73 Å². The van der Waals surface area contributed by atoms with Crippen LogP contribution >= 0.6 is 11.8 Å². The molecule has 294 valence electrons. The van der Waals surface area contributed by atoms with Crippen LogP contribution in [0.15, 0.2) is 34.7 Å². The number of phenols is 1. The third-order valence-corrected chi connectivity index (χ3v) is 14.3. The van der Waals surface area contributed by atoms with Crippen LogP contribution in [0.1, 0.15) is 69.0 Å². The molecule has 8 heterocycles. The van der Waals surface area contributed by atoms with Gasteiger partial charge < -0.3 is 44.0 Å². The Kier molecular flexibility index (Phi) is 8.17. The molecule has 2 saturated heterocycles. The van der Waals surface area contributed by atoms with E-state index in [0.29, 0.717) is 69.4 Å². The number of carbonyl (C=O) groups excluding carboxylic acids is 2. The number of rotatable bonds is 3. The number of aryl methyl sites for hydroxylation is 1. The molecule has 3 aromatic carbocycles. The maximum absolute atomic E-state index is 14.9. The molecule has 11 rings (SSSR count). The Balaban J connectivity index is 1.25. The highest BCUT2D eigenvalue weighted by Crippen LogP contribution is 2.64. The van der Waals surface area contributed by atoms with Crippen LogP contribution in [0.5, 0.6) is 28.7 Å². The molecule has 14 nitrogen and oxygen atoms in total. The van der Waals surface area contributed by atoms with E-state index in [9.17, 15) is 19.8 Å². The lowest BCUT2D eigenvalue weighted by molar-refractivity contribution is -0.186. The molecule has 1 unspecified atom stereocenters. The number of esters is 2. The predicted octanol–water partition coefficient (Wildman–Crippen LogP) is 3.77. The van der Waals surface area contributed by atoms with Gasteiger partial charge in [0, 0.05) is 64.5 Å². The molecular weight excluding hydrogens is 741 g/mol. The first-order valence-corrected chi connectivity index (χ1v) is 20.0. The first kappa shape index (κ1) is 35.9. The maximum atomic E-state index is 14.9. The Morgan fingerprint density at radius 2 is 1.89 bits per heavy atom. The minimum absolute atomic E-state index is 0.0453. The fourth-order valence-corrected chi connectivity index (χ4v) is 12.2. The number of para-hydroxylation sites is 1. The molecule has 7 aliphatic heterocycles. The Morgan fingerprint density at radius 3 is 2.66 bits per heavy atom. The lowest BCUT2D eigenvalue weighted by Crippen LogP contribution is -2.70. The minimum Gasteiger partial charge on any atom is -0.504 e. The highest BCUT2D eigenvalue weighted by Gasteiger charge is 2.62. The van der Waals surface area contributed by atoms with Crippen molar-refractivity contribution in [2.75, 3.05) is 39.9 Å². The van der Waals surface area contributed by atoms with E-state index in [4.69, 9.17) is 33.8 Å². The number of aliphatic hydroxyl groups is 1. The minimum atomic E-state index is -1.45. The molecule has 0 saturated carbocycles. The zero-order valence-corrected chi connectivity index (χ0v) is 32.5. The number of phenolic OH excluding ortho intramolecular Hbond substituents is 1. The summed E-state index contributed by atoms with van der Waals surface area (Å²) in [6, 6.07) is 7.27. The lowest BCUT2D eigenvalue weighted by atomic mass is 9.73. The van der Waals surface area contributed by atoms with Crippen molar-refractivity contribution in [3.63, 3.8) is 0 Å². The van der Waals surface area contributed by atoms with Crippen LogP contribution in [0.2, 0.25) is 0 Å². The van der Waals surface area contributed by atoms with Gasteiger partial charge in [0.25, 0.3) is 0 Å². The van der Waals surface area contributed by atoms with Gasteiger partial charge in [-0.15, -0.1) is 11.8 Å². The van der Waals surface area contributed by atoms with Crippen molar-refractivity contribution in [3.8, 4) is 28.7 Å². The number of methoxy groups -OCH3 is 1. The molecule has 4 bridgehead atoms. The Labute approximate surface area is 327 Å². The van der Waals surface area contributed by atoms with E-state index >= 15 is 0 Å². The number of carbonyl (C=O) groups is 2. The number of nitrogens with two attached hydrogens (primary N) is 1. The average Bonchev–Trinajstić information content (AvgIpc) is 3.82. The molecule has 0 amide bonds. The molecule has 2 fully saturated rings. The fraction of sp³-hybridized carbons (Fsp3) is 0.463. The van der Waals surface area contributed by atoms with Crippen molar-refractivity contribution in [1.82, 2.24) is 15.1 Å². The third-order valence-electron chi connectivity index (χ3n) is 12.9. The maximum Gasteiger partial charge on any atom is 0.335 e. The first-order valence-electron chi connectivity index (χ1n) is 19.0.